The van der Waals surface area contributed by atoms with Gasteiger partial charge in [0.2, 0.25) is 20.0 Å². The van der Waals surface area contributed by atoms with Crippen molar-refractivity contribution in [1.29, 1.82) is 0 Å². The third kappa shape index (κ3) is 5.46. The predicted octanol–water partition coefficient (Wildman–Crippen LogP) is 1.27. The van der Waals surface area contributed by atoms with Crippen molar-refractivity contribution in [1.82, 2.24) is 4.72 Å². The van der Waals surface area contributed by atoms with Crippen LogP contribution in [0.25, 0.3) is 0 Å². The molecule has 1 aromatic carbocycles. The van der Waals surface area contributed by atoms with Crippen LogP contribution in [0.15, 0.2) is 12.1 Å². The Morgan fingerprint density at radius 2 is 1.71 bits per heavy atom. The van der Waals surface area contributed by atoms with E-state index in [1.165, 1.54) is 0 Å². The Bertz CT molecular complexity index is 707. The first-order chi connectivity index (χ1) is 9.42. The first-order valence-corrected chi connectivity index (χ1v) is 10.2. The monoisotopic (exact) mass is 354 g/mol. The third-order valence-electron chi connectivity index (χ3n) is 2.73. The fraction of sp³-hybridized carbons (Fsp3) is 0.500. The summed E-state index contributed by atoms with van der Waals surface area (Å²) in [7, 11) is -6.96. The molecule has 1 rings (SSSR count). The van der Waals surface area contributed by atoms with E-state index < -0.39 is 20.0 Å². The third-order valence-corrected chi connectivity index (χ3v) is 4.91. The van der Waals surface area contributed by atoms with Gasteiger partial charge in [0.15, 0.2) is 0 Å². The maximum Gasteiger partial charge on any atom is 0.232 e. The van der Waals surface area contributed by atoms with Gasteiger partial charge in [0.05, 0.1) is 23.2 Å². The molecule has 120 valence electrons. The van der Waals surface area contributed by atoms with Crippen molar-refractivity contribution in [2.45, 2.75) is 13.8 Å². The molecule has 0 aliphatic heterocycles. The lowest BCUT2D eigenvalue weighted by atomic mass is 10.1. The van der Waals surface area contributed by atoms with Crippen LogP contribution in [0.5, 0.6) is 0 Å². The lowest BCUT2D eigenvalue weighted by Crippen LogP contribution is -2.38. The summed E-state index contributed by atoms with van der Waals surface area (Å²) in [5.74, 6) is 0. The molecule has 0 amide bonds. The zero-order chi connectivity index (χ0) is 16.4. The van der Waals surface area contributed by atoms with Crippen LogP contribution in [0.2, 0.25) is 5.02 Å². The number of nitrogens with one attached hydrogen (secondary N) is 1. The fourth-order valence-corrected chi connectivity index (χ4v) is 3.93. The molecule has 0 aromatic heterocycles. The molecule has 1 aromatic rings. The van der Waals surface area contributed by atoms with Gasteiger partial charge in [-0.2, -0.15) is 0 Å². The first-order valence-electron chi connectivity index (χ1n) is 6.11. The number of sulfonamides is 2. The summed E-state index contributed by atoms with van der Waals surface area (Å²) in [6, 6.07) is 3.50. The van der Waals surface area contributed by atoms with E-state index in [1.54, 1.807) is 13.0 Å². The highest BCUT2D eigenvalue weighted by atomic mass is 35.5. The fourth-order valence-electron chi connectivity index (χ4n) is 2.00. The van der Waals surface area contributed by atoms with E-state index in [1.807, 2.05) is 13.0 Å². The molecule has 0 aliphatic carbocycles. The van der Waals surface area contributed by atoms with Crippen molar-refractivity contribution in [2.24, 2.45) is 0 Å². The van der Waals surface area contributed by atoms with Crippen molar-refractivity contribution in [3.8, 4) is 0 Å². The number of hydrogen-bond donors (Lipinski definition) is 1. The first kappa shape index (κ1) is 18.2. The van der Waals surface area contributed by atoms with E-state index >= 15 is 0 Å². The van der Waals surface area contributed by atoms with E-state index in [4.69, 9.17) is 11.6 Å². The number of anilines is 1. The summed E-state index contributed by atoms with van der Waals surface area (Å²) in [6.45, 7) is 3.56. The Morgan fingerprint density at radius 1 is 1.14 bits per heavy atom. The normalized spacial score (nSPS) is 12.4. The van der Waals surface area contributed by atoms with Crippen LogP contribution in [-0.2, 0) is 20.0 Å². The Balaban J connectivity index is 3.17. The average Bonchev–Trinajstić information content (AvgIpc) is 2.22. The highest BCUT2D eigenvalue weighted by molar-refractivity contribution is 7.92. The Hall–Kier alpha value is -0.830. The maximum atomic E-state index is 12.0. The Labute approximate surface area is 131 Å². The molecular weight excluding hydrogens is 336 g/mol. The second kappa shape index (κ2) is 6.51. The van der Waals surface area contributed by atoms with Crippen molar-refractivity contribution >= 4 is 37.3 Å². The number of benzene rings is 1. The van der Waals surface area contributed by atoms with Crippen molar-refractivity contribution in [3.63, 3.8) is 0 Å². The number of hydrogen-bond acceptors (Lipinski definition) is 4. The minimum atomic E-state index is -3.58. The number of aryl methyl sites for hydroxylation is 2. The summed E-state index contributed by atoms with van der Waals surface area (Å²) in [5.41, 5.74) is 2.01. The van der Waals surface area contributed by atoms with Crippen LogP contribution in [-0.4, -0.2) is 42.4 Å². The van der Waals surface area contributed by atoms with Gasteiger partial charge < -0.3 is 0 Å². The van der Waals surface area contributed by atoms with Crippen molar-refractivity contribution in [3.05, 3.63) is 28.3 Å². The minimum absolute atomic E-state index is 0.0322. The van der Waals surface area contributed by atoms with Gasteiger partial charge in [-0.05, 0) is 31.0 Å². The van der Waals surface area contributed by atoms with Gasteiger partial charge >= 0.3 is 0 Å². The van der Waals surface area contributed by atoms with E-state index in [9.17, 15) is 16.8 Å². The average molecular weight is 355 g/mol. The second-order valence-electron chi connectivity index (χ2n) is 4.91. The van der Waals surface area contributed by atoms with E-state index in [-0.39, 0.29) is 13.1 Å². The summed E-state index contributed by atoms with van der Waals surface area (Å²) in [5, 5.41) is 0.317. The number of nitrogens with zero attached hydrogens (tertiary/aromatic N) is 1. The van der Waals surface area contributed by atoms with Gasteiger partial charge in [-0.25, -0.2) is 21.6 Å². The van der Waals surface area contributed by atoms with Crippen molar-refractivity contribution < 1.29 is 16.8 Å². The smallest absolute Gasteiger partial charge is 0.232 e. The van der Waals surface area contributed by atoms with Crippen LogP contribution >= 0.6 is 11.6 Å². The van der Waals surface area contributed by atoms with Crippen LogP contribution < -0.4 is 9.03 Å². The highest BCUT2D eigenvalue weighted by Crippen LogP contribution is 2.32. The van der Waals surface area contributed by atoms with Crippen molar-refractivity contribution in [2.75, 3.05) is 29.9 Å². The van der Waals surface area contributed by atoms with Gasteiger partial charge in [-0.1, -0.05) is 17.7 Å². The number of rotatable bonds is 6. The maximum absolute atomic E-state index is 12.0. The molecular formula is C12H19ClN2O4S2. The summed E-state index contributed by atoms with van der Waals surface area (Å²) in [6.07, 6.45) is 2.07. The van der Waals surface area contributed by atoms with Gasteiger partial charge in [-0.3, -0.25) is 4.31 Å². The minimum Gasteiger partial charge on any atom is -0.267 e. The topological polar surface area (TPSA) is 83.6 Å². The molecule has 0 heterocycles. The Morgan fingerprint density at radius 3 is 2.14 bits per heavy atom. The van der Waals surface area contributed by atoms with Crippen LogP contribution in [0.1, 0.15) is 11.1 Å². The van der Waals surface area contributed by atoms with E-state index in [0.29, 0.717) is 16.3 Å². The molecule has 21 heavy (non-hydrogen) atoms. The lowest BCUT2D eigenvalue weighted by molar-refractivity contribution is 0.583. The van der Waals surface area contributed by atoms with Gasteiger partial charge in [0, 0.05) is 13.1 Å². The molecule has 0 unspecified atom stereocenters. The molecule has 0 fully saturated rings. The quantitative estimate of drug-likeness (QED) is 0.833. The zero-order valence-electron chi connectivity index (χ0n) is 12.3. The molecule has 0 bridgehead atoms. The van der Waals surface area contributed by atoms with Gasteiger partial charge in [-0.15, -0.1) is 0 Å². The summed E-state index contributed by atoms with van der Waals surface area (Å²) in [4.78, 5) is 0. The second-order valence-corrected chi connectivity index (χ2v) is 9.06. The molecule has 0 saturated heterocycles. The molecule has 9 heteroatoms. The summed E-state index contributed by atoms with van der Waals surface area (Å²) < 4.78 is 49.5. The Kier molecular flexibility index (Phi) is 5.65. The lowest BCUT2D eigenvalue weighted by Gasteiger charge is -2.25. The molecule has 0 aliphatic rings. The SMILES string of the molecule is Cc1cc(C)c(N(CCNS(C)(=O)=O)S(C)(=O)=O)c(Cl)c1. The van der Waals surface area contributed by atoms with Crippen LogP contribution in [0.4, 0.5) is 5.69 Å². The standard InChI is InChI=1S/C12H19ClN2O4S2/c1-9-7-10(2)12(11(13)8-9)15(21(4,18)19)6-5-14-20(3,16)17/h7-8,14H,5-6H2,1-4H3. The van der Waals surface area contributed by atoms with Gasteiger partial charge in [0.25, 0.3) is 0 Å². The molecule has 0 spiro atoms. The zero-order valence-corrected chi connectivity index (χ0v) is 14.7. The highest BCUT2D eigenvalue weighted by Gasteiger charge is 2.22. The largest absolute Gasteiger partial charge is 0.267 e. The molecule has 1 N–H and O–H groups in total. The van der Waals surface area contributed by atoms with Crippen LogP contribution in [0.3, 0.4) is 0 Å². The molecule has 0 radical (unpaired) electrons. The van der Waals surface area contributed by atoms with Gasteiger partial charge in [0.1, 0.15) is 0 Å². The molecule has 0 saturated carbocycles. The van der Waals surface area contributed by atoms with Crippen LogP contribution in [0, 0.1) is 13.8 Å². The number of halogens is 1. The van der Waals surface area contributed by atoms with E-state index in [0.717, 1.165) is 22.4 Å². The molecule has 6 nitrogen and oxygen atoms in total. The predicted molar refractivity (Wildman–Crippen MR) is 86.0 cm³/mol. The molecule has 0 atom stereocenters. The van der Waals surface area contributed by atoms with E-state index in [2.05, 4.69) is 4.72 Å². The summed E-state index contributed by atoms with van der Waals surface area (Å²) >= 11 is 6.16.